The molecule has 0 aliphatic carbocycles. The second kappa shape index (κ2) is 5.28. The molecule has 0 atom stereocenters. The van der Waals surface area contributed by atoms with Crippen LogP contribution in [0.15, 0.2) is 39.3 Å². The lowest BCUT2D eigenvalue weighted by Crippen LogP contribution is -1.95. The topological polar surface area (TPSA) is 35.2 Å². The Balaban J connectivity index is 2.37. The maximum absolute atomic E-state index is 13.2. The van der Waals surface area contributed by atoms with Crippen LogP contribution in [0.1, 0.15) is 5.56 Å². The van der Waals surface area contributed by atoms with Crippen LogP contribution in [0.4, 0.5) is 10.1 Å². The van der Waals surface area contributed by atoms with E-state index < -0.39 is 5.82 Å². The standard InChI is InChI=1S/C13H10Br2FNO/c1-7-4-8(14)2-3-12(7)18-13-5-9(15)10(16)6-11(13)17/h2-6H,17H2,1H3. The zero-order valence-corrected chi connectivity index (χ0v) is 12.7. The fourth-order valence-corrected chi connectivity index (χ4v) is 2.28. The van der Waals surface area contributed by atoms with Crippen LogP contribution in [0, 0.1) is 12.7 Å². The van der Waals surface area contributed by atoms with Gasteiger partial charge in [-0.15, -0.1) is 0 Å². The Morgan fingerprint density at radius 2 is 1.83 bits per heavy atom. The summed E-state index contributed by atoms with van der Waals surface area (Å²) < 4.78 is 20.2. The lowest BCUT2D eigenvalue weighted by Gasteiger charge is -2.11. The molecule has 0 aliphatic heterocycles. The Morgan fingerprint density at radius 3 is 2.50 bits per heavy atom. The van der Waals surface area contributed by atoms with Gasteiger partial charge in [-0.3, -0.25) is 0 Å². The van der Waals surface area contributed by atoms with Crippen molar-refractivity contribution >= 4 is 37.5 Å². The molecule has 2 aromatic rings. The average Bonchev–Trinajstić information content (AvgIpc) is 2.29. The second-order valence-electron chi connectivity index (χ2n) is 3.82. The molecule has 0 saturated heterocycles. The number of hydrogen-bond donors (Lipinski definition) is 1. The summed E-state index contributed by atoms with van der Waals surface area (Å²) in [6.07, 6.45) is 0. The van der Waals surface area contributed by atoms with Crippen molar-refractivity contribution in [3.05, 3.63) is 50.7 Å². The van der Waals surface area contributed by atoms with E-state index in [0.717, 1.165) is 10.0 Å². The molecule has 0 unspecified atom stereocenters. The predicted molar refractivity (Wildman–Crippen MR) is 77.5 cm³/mol. The van der Waals surface area contributed by atoms with Gasteiger partial charge in [0.15, 0.2) is 5.75 Å². The molecular weight excluding hydrogens is 365 g/mol. The van der Waals surface area contributed by atoms with E-state index in [4.69, 9.17) is 10.5 Å². The fraction of sp³-hybridized carbons (Fsp3) is 0.0769. The molecule has 0 amide bonds. The van der Waals surface area contributed by atoms with Gasteiger partial charge < -0.3 is 10.5 Å². The Kier molecular flexibility index (Phi) is 3.92. The molecule has 94 valence electrons. The van der Waals surface area contributed by atoms with Gasteiger partial charge >= 0.3 is 0 Å². The molecule has 0 bridgehead atoms. The average molecular weight is 375 g/mol. The molecule has 0 radical (unpaired) electrons. The van der Waals surface area contributed by atoms with E-state index in [1.807, 2.05) is 25.1 Å². The monoisotopic (exact) mass is 373 g/mol. The highest BCUT2D eigenvalue weighted by Gasteiger charge is 2.09. The summed E-state index contributed by atoms with van der Waals surface area (Å²) in [5, 5.41) is 0. The number of benzene rings is 2. The minimum Gasteiger partial charge on any atom is -0.455 e. The Bertz CT molecular complexity index is 602. The van der Waals surface area contributed by atoms with Crippen LogP contribution in [0.5, 0.6) is 11.5 Å². The zero-order chi connectivity index (χ0) is 13.3. The number of rotatable bonds is 2. The van der Waals surface area contributed by atoms with Gasteiger partial charge in [0, 0.05) is 16.6 Å². The molecule has 0 spiro atoms. The van der Waals surface area contributed by atoms with Crippen LogP contribution in [0.3, 0.4) is 0 Å². The van der Waals surface area contributed by atoms with Crippen LogP contribution in [-0.2, 0) is 0 Å². The Morgan fingerprint density at radius 1 is 1.11 bits per heavy atom. The number of aryl methyl sites for hydroxylation is 1. The molecular formula is C13H10Br2FNO. The van der Waals surface area contributed by atoms with E-state index in [9.17, 15) is 4.39 Å². The maximum Gasteiger partial charge on any atom is 0.151 e. The molecule has 2 nitrogen and oxygen atoms in total. The number of hydrogen-bond acceptors (Lipinski definition) is 2. The minimum absolute atomic E-state index is 0.262. The van der Waals surface area contributed by atoms with Crippen LogP contribution >= 0.6 is 31.9 Å². The van der Waals surface area contributed by atoms with Crippen molar-refractivity contribution in [2.24, 2.45) is 0 Å². The lowest BCUT2D eigenvalue weighted by atomic mass is 10.2. The summed E-state index contributed by atoms with van der Waals surface area (Å²) in [7, 11) is 0. The predicted octanol–water partition coefficient (Wildman–Crippen LogP) is 5.03. The Hall–Kier alpha value is -1.07. The third-order valence-corrected chi connectivity index (χ3v) is 3.51. The second-order valence-corrected chi connectivity index (χ2v) is 5.59. The summed E-state index contributed by atoms with van der Waals surface area (Å²) in [6, 6.07) is 8.39. The molecule has 0 heterocycles. The van der Waals surface area contributed by atoms with Gasteiger partial charge in [-0.05, 0) is 46.6 Å². The van der Waals surface area contributed by atoms with E-state index in [1.54, 1.807) is 0 Å². The van der Waals surface area contributed by atoms with E-state index >= 15 is 0 Å². The quantitative estimate of drug-likeness (QED) is 0.748. The van der Waals surface area contributed by atoms with E-state index in [2.05, 4.69) is 31.9 Å². The highest BCUT2D eigenvalue weighted by Crippen LogP contribution is 2.34. The van der Waals surface area contributed by atoms with Gasteiger partial charge in [-0.2, -0.15) is 0 Å². The van der Waals surface area contributed by atoms with Gasteiger partial charge in [0.1, 0.15) is 11.6 Å². The summed E-state index contributed by atoms with van der Waals surface area (Å²) >= 11 is 6.49. The van der Waals surface area contributed by atoms with Crippen molar-refractivity contribution in [1.82, 2.24) is 0 Å². The highest BCUT2D eigenvalue weighted by atomic mass is 79.9. The lowest BCUT2D eigenvalue weighted by molar-refractivity contribution is 0.478. The maximum atomic E-state index is 13.2. The molecule has 0 saturated carbocycles. The zero-order valence-electron chi connectivity index (χ0n) is 9.51. The smallest absolute Gasteiger partial charge is 0.151 e. The van der Waals surface area contributed by atoms with E-state index in [1.165, 1.54) is 12.1 Å². The SMILES string of the molecule is Cc1cc(Br)ccc1Oc1cc(Br)c(F)cc1N. The van der Waals surface area contributed by atoms with Crippen LogP contribution < -0.4 is 10.5 Å². The molecule has 18 heavy (non-hydrogen) atoms. The highest BCUT2D eigenvalue weighted by molar-refractivity contribution is 9.10. The summed E-state index contributed by atoms with van der Waals surface area (Å²) in [4.78, 5) is 0. The third-order valence-electron chi connectivity index (χ3n) is 2.41. The van der Waals surface area contributed by atoms with Crippen molar-refractivity contribution in [3.8, 4) is 11.5 Å². The first-order valence-electron chi connectivity index (χ1n) is 5.16. The summed E-state index contributed by atoms with van der Waals surface area (Å²) in [6.45, 7) is 1.93. The van der Waals surface area contributed by atoms with Crippen molar-refractivity contribution in [3.63, 3.8) is 0 Å². The number of anilines is 1. The molecule has 0 aliphatic rings. The minimum atomic E-state index is -0.410. The third kappa shape index (κ3) is 2.84. The van der Waals surface area contributed by atoms with Gasteiger partial charge in [-0.1, -0.05) is 15.9 Å². The first-order chi connectivity index (χ1) is 8.47. The molecule has 2 N–H and O–H groups in total. The number of halogens is 3. The molecule has 0 fully saturated rings. The molecule has 2 aromatic carbocycles. The molecule has 0 aromatic heterocycles. The van der Waals surface area contributed by atoms with Gasteiger partial charge in [0.25, 0.3) is 0 Å². The molecule has 5 heteroatoms. The van der Waals surface area contributed by atoms with E-state index in [-0.39, 0.29) is 5.69 Å². The van der Waals surface area contributed by atoms with Gasteiger partial charge in [0.05, 0.1) is 10.2 Å². The van der Waals surface area contributed by atoms with E-state index in [0.29, 0.717) is 16.0 Å². The first-order valence-corrected chi connectivity index (χ1v) is 6.74. The van der Waals surface area contributed by atoms with Crippen molar-refractivity contribution in [1.29, 1.82) is 0 Å². The van der Waals surface area contributed by atoms with Crippen LogP contribution in [-0.4, -0.2) is 0 Å². The van der Waals surface area contributed by atoms with Crippen LogP contribution in [0.25, 0.3) is 0 Å². The van der Waals surface area contributed by atoms with Crippen molar-refractivity contribution in [2.45, 2.75) is 6.92 Å². The number of nitrogens with two attached hydrogens (primary N) is 1. The first kappa shape index (κ1) is 13.4. The summed E-state index contributed by atoms with van der Waals surface area (Å²) in [5.74, 6) is 0.699. The summed E-state index contributed by atoms with van der Waals surface area (Å²) in [5.41, 5.74) is 6.95. The van der Waals surface area contributed by atoms with Gasteiger partial charge in [0.2, 0.25) is 0 Å². The number of nitrogen functional groups attached to an aromatic ring is 1. The van der Waals surface area contributed by atoms with Crippen LogP contribution in [0.2, 0.25) is 0 Å². The van der Waals surface area contributed by atoms with Crippen molar-refractivity contribution in [2.75, 3.05) is 5.73 Å². The molecule has 2 rings (SSSR count). The Labute approximate surface area is 121 Å². The fourth-order valence-electron chi connectivity index (χ4n) is 1.48. The normalized spacial score (nSPS) is 10.4. The van der Waals surface area contributed by atoms with Crippen molar-refractivity contribution < 1.29 is 9.13 Å². The largest absolute Gasteiger partial charge is 0.455 e. The number of ether oxygens (including phenoxy) is 1. The van der Waals surface area contributed by atoms with Gasteiger partial charge in [-0.25, -0.2) is 4.39 Å².